The van der Waals surface area contributed by atoms with Crippen molar-refractivity contribution in [1.29, 1.82) is 0 Å². The standard InChI is InChI=1S/C40H75NO13/c1-3-5-7-8-9-10-11-12-13-14-15-16-17-18-19-20-22-24-32(45)41-28(29(44)23-21-6-4-2)27-51-39-37(50)35(48)38(31(26-43)53-39)54-40-36(49)34(47)33(46)30(25-42)52-40/h21,23,28-31,33-40,42-44,46-50H,3-20,22,24-27H2,1-2H3,(H,41,45)/b23-21+. The monoisotopic (exact) mass is 778 g/mol. The lowest BCUT2D eigenvalue weighted by Gasteiger charge is -2.46. The van der Waals surface area contributed by atoms with E-state index >= 15 is 0 Å². The van der Waals surface area contributed by atoms with Crippen molar-refractivity contribution in [3.63, 3.8) is 0 Å². The largest absolute Gasteiger partial charge is 0.394 e. The summed E-state index contributed by atoms with van der Waals surface area (Å²) in [6.45, 7) is 2.54. The molecule has 2 aliphatic heterocycles. The van der Waals surface area contributed by atoms with Crippen molar-refractivity contribution in [3.8, 4) is 0 Å². The predicted octanol–water partition coefficient (Wildman–Crippen LogP) is 2.87. The number of hydrogen-bond donors (Lipinski definition) is 9. The van der Waals surface area contributed by atoms with Crippen molar-refractivity contribution < 1.29 is 64.6 Å². The quantitative estimate of drug-likeness (QED) is 0.0378. The van der Waals surface area contributed by atoms with Gasteiger partial charge in [-0.3, -0.25) is 4.79 Å². The average molecular weight is 778 g/mol. The molecule has 0 aromatic heterocycles. The Labute approximate surface area is 323 Å². The molecule has 0 bridgehead atoms. The highest BCUT2D eigenvalue weighted by Gasteiger charge is 2.50. The van der Waals surface area contributed by atoms with Crippen LogP contribution in [0, 0.1) is 0 Å². The number of ether oxygens (including phenoxy) is 4. The molecule has 0 spiro atoms. The van der Waals surface area contributed by atoms with Gasteiger partial charge in [-0.1, -0.05) is 135 Å². The minimum Gasteiger partial charge on any atom is -0.394 e. The first-order valence-electron chi connectivity index (χ1n) is 20.9. The molecule has 318 valence electrons. The summed E-state index contributed by atoms with van der Waals surface area (Å²) < 4.78 is 22.4. The van der Waals surface area contributed by atoms with Crippen LogP contribution < -0.4 is 5.32 Å². The zero-order valence-corrected chi connectivity index (χ0v) is 33.0. The van der Waals surface area contributed by atoms with Gasteiger partial charge in [-0.05, 0) is 12.8 Å². The highest BCUT2D eigenvalue weighted by Crippen LogP contribution is 2.30. The van der Waals surface area contributed by atoms with Crippen LogP contribution in [0.1, 0.15) is 142 Å². The van der Waals surface area contributed by atoms with E-state index in [1.807, 2.05) is 6.92 Å². The maximum absolute atomic E-state index is 12.9. The smallest absolute Gasteiger partial charge is 0.220 e. The van der Waals surface area contributed by atoms with Crippen molar-refractivity contribution >= 4 is 5.91 Å². The Morgan fingerprint density at radius 2 is 1.15 bits per heavy atom. The van der Waals surface area contributed by atoms with E-state index in [1.165, 1.54) is 83.5 Å². The summed E-state index contributed by atoms with van der Waals surface area (Å²) in [6, 6.07) is -0.903. The van der Waals surface area contributed by atoms with Crippen LogP contribution in [-0.2, 0) is 23.7 Å². The number of aliphatic hydroxyl groups is 8. The lowest BCUT2D eigenvalue weighted by Crippen LogP contribution is -2.65. The topological polar surface area (TPSA) is 228 Å². The minimum absolute atomic E-state index is 0.251. The van der Waals surface area contributed by atoms with Gasteiger partial charge in [-0.25, -0.2) is 0 Å². The first-order chi connectivity index (χ1) is 26.1. The van der Waals surface area contributed by atoms with Crippen LogP contribution in [-0.4, -0.2) is 140 Å². The minimum atomic E-state index is -1.78. The fraction of sp³-hybridized carbons (Fsp3) is 0.925. The van der Waals surface area contributed by atoms with Crippen LogP contribution in [0.15, 0.2) is 12.2 Å². The molecule has 0 radical (unpaired) electrons. The van der Waals surface area contributed by atoms with Crippen molar-refractivity contribution in [2.75, 3.05) is 19.8 Å². The SMILES string of the molecule is CCC/C=C/C(O)C(COC1OC(CO)C(OC2OC(CO)C(O)C(O)C2O)C(O)C1O)NC(=O)CCCCCCCCCCCCCCCCCCC. The van der Waals surface area contributed by atoms with Gasteiger partial charge in [-0.2, -0.15) is 0 Å². The fourth-order valence-corrected chi connectivity index (χ4v) is 6.94. The second-order valence-electron chi connectivity index (χ2n) is 15.1. The summed E-state index contributed by atoms with van der Waals surface area (Å²) in [5.74, 6) is -0.251. The van der Waals surface area contributed by atoms with Crippen LogP contribution in [0.25, 0.3) is 0 Å². The molecule has 2 rings (SSSR count). The molecule has 14 heteroatoms. The maximum atomic E-state index is 12.9. The zero-order valence-electron chi connectivity index (χ0n) is 33.0. The van der Waals surface area contributed by atoms with Crippen LogP contribution in [0.2, 0.25) is 0 Å². The summed E-state index contributed by atoms with van der Waals surface area (Å²) in [5.41, 5.74) is 0. The molecule has 54 heavy (non-hydrogen) atoms. The Morgan fingerprint density at radius 1 is 0.648 bits per heavy atom. The number of aliphatic hydroxyl groups excluding tert-OH is 8. The van der Waals surface area contributed by atoms with E-state index in [9.17, 15) is 45.6 Å². The lowest BCUT2D eigenvalue weighted by molar-refractivity contribution is -0.359. The number of carbonyl (C=O) groups excluding carboxylic acids is 1. The molecule has 2 saturated heterocycles. The Hall–Kier alpha value is -1.27. The molecular formula is C40H75NO13. The number of allylic oxidation sites excluding steroid dienone is 1. The maximum Gasteiger partial charge on any atom is 0.220 e. The number of unbranched alkanes of at least 4 members (excludes halogenated alkanes) is 17. The van der Waals surface area contributed by atoms with Gasteiger partial charge in [0, 0.05) is 6.42 Å². The average Bonchev–Trinajstić information content (AvgIpc) is 3.16. The van der Waals surface area contributed by atoms with E-state index in [0.717, 1.165) is 32.1 Å². The number of nitrogens with one attached hydrogen (secondary N) is 1. The molecule has 0 aromatic carbocycles. The molecule has 2 heterocycles. The van der Waals surface area contributed by atoms with Crippen molar-refractivity contribution in [3.05, 3.63) is 12.2 Å². The van der Waals surface area contributed by atoms with E-state index in [1.54, 1.807) is 12.2 Å². The van der Waals surface area contributed by atoms with Crippen molar-refractivity contribution in [2.24, 2.45) is 0 Å². The number of carbonyl (C=O) groups is 1. The number of amides is 1. The predicted molar refractivity (Wildman–Crippen MR) is 203 cm³/mol. The number of hydrogen-bond acceptors (Lipinski definition) is 13. The molecule has 2 aliphatic rings. The second kappa shape index (κ2) is 29.0. The first-order valence-corrected chi connectivity index (χ1v) is 20.9. The van der Waals surface area contributed by atoms with Gasteiger partial charge in [-0.15, -0.1) is 0 Å². The highest BCUT2D eigenvalue weighted by molar-refractivity contribution is 5.76. The number of rotatable bonds is 30. The molecule has 12 atom stereocenters. The van der Waals surface area contributed by atoms with Crippen LogP contribution >= 0.6 is 0 Å². The summed E-state index contributed by atoms with van der Waals surface area (Å²) in [4.78, 5) is 12.9. The Morgan fingerprint density at radius 3 is 1.67 bits per heavy atom. The third kappa shape index (κ3) is 17.9. The Kier molecular flexibility index (Phi) is 26.3. The summed E-state index contributed by atoms with van der Waals surface area (Å²) in [5, 5.41) is 85.5. The van der Waals surface area contributed by atoms with Crippen molar-refractivity contribution in [2.45, 2.75) is 216 Å². The molecule has 2 fully saturated rings. The van der Waals surface area contributed by atoms with E-state index < -0.39 is 86.8 Å². The van der Waals surface area contributed by atoms with E-state index in [0.29, 0.717) is 6.42 Å². The second-order valence-corrected chi connectivity index (χ2v) is 15.1. The van der Waals surface area contributed by atoms with E-state index in [-0.39, 0.29) is 18.9 Å². The fourth-order valence-electron chi connectivity index (χ4n) is 6.94. The normalized spacial score (nSPS) is 30.1. The van der Waals surface area contributed by atoms with Gasteiger partial charge in [0.25, 0.3) is 0 Å². The first kappa shape index (κ1) is 48.9. The van der Waals surface area contributed by atoms with Gasteiger partial charge < -0.3 is 65.1 Å². The van der Waals surface area contributed by atoms with Gasteiger partial charge in [0.15, 0.2) is 12.6 Å². The summed E-state index contributed by atoms with van der Waals surface area (Å²) in [6.07, 6.45) is 9.48. The van der Waals surface area contributed by atoms with Crippen LogP contribution in [0.3, 0.4) is 0 Å². The van der Waals surface area contributed by atoms with Gasteiger partial charge in [0.05, 0.1) is 32.0 Å². The summed E-state index contributed by atoms with van der Waals surface area (Å²) in [7, 11) is 0. The highest BCUT2D eigenvalue weighted by atomic mass is 16.7. The van der Waals surface area contributed by atoms with Crippen molar-refractivity contribution in [1.82, 2.24) is 5.32 Å². The zero-order chi connectivity index (χ0) is 39.7. The van der Waals surface area contributed by atoms with E-state index in [4.69, 9.17) is 18.9 Å². The molecule has 12 unspecified atom stereocenters. The molecule has 1 amide bonds. The molecule has 9 N–H and O–H groups in total. The Balaban J connectivity index is 1.76. The van der Waals surface area contributed by atoms with Gasteiger partial charge in [0.2, 0.25) is 5.91 Å². The van der Waals surface area contributed by atoms with E-state index in [2.05, 4.69) is 12.2 Å². The van der Waals surface area contributed by atoms with Gasteiger partial charge >= 0.3 is 0 Å². The lowest BCUT2D eigenvalue weighted by atomic mass is 9.97. The molecule has 0 saturated carbocycles. The molecule has 0 aliphatic carbocycles. The molecule has 14 nitrogen and oxygen atoms in total. The molecule has 0 aromatic rings. The van der Waals surface area contributed by atoms with Gasteiger partial charge in [0.1, 0.15) is 48.8 Å². The molecular weight excluding hydrogens is 702 g/mol. The Bertz CT molecular complexity index is 972. The summed E-state index contributed by atoms with van der Waals surface area (Å²) >= 11 is 0. The third-order valence-electron chi connectivity index (χ3n) is 10.5. The third-order valence-corrected chi connectivity index (χ3v) is 10.5. The van der Waals surface area contributed by atoms with Crippen LogP contribution in [0.5, 0.6) is 0 Å². The van der Waals surface area contributed by atoms with Crippen LogP contribution in [0.4, 0.5) is 0 Å².